The van der Waals surface area contributed by atoms with E-state index in [1.165, 1.54) is 4.31 Å². The molecule has 0 aliphatic carbocycles. The SMILES string of the molecule is COCCCS(=O)(=O)N(CCCN)Cc1ccccc1. The molecule has 0 fully saturated rings. The van der Waals surface area contributed by atoms with Crippen LogP contribution in [0, 0.1) is 0 Å². The number of rotatable bonds is 10. The molecule has 0 unspecified atom stereocenters. The molecule has 0 atom stereocenters. The van der Waals surface area contributed by atoms with Crippen molar-refractivity contribution >= 4 is 10.0 Å². The summed E-state index contributed by atoms with van der Waals surface area (Å²) < 4.78 is 31.1. The van der Waals surface area contributed by atoms with Crippen LogP contribution in [0.3, 0.4) is 0 Å². The van der Waals surface area contributed by atoms with Gasteiger partial charge < -0.3 is 10.5 Å². The Morgan fingerprint density at radius 1 is 1.20 bits per heavy atom. The van der Waals surface area contributed by atoms with Crippen LogP contribution in [0.1, 0.15) is 18.4 Å². The van der Waals surface area contributed by atoms with Crippen molar-refractivity contribution in [3.8, 4) is 0 Å². The number of hydrogen-bond donors (Lipinski definition) is 1. The largest absolute Gasteiger partial charge is 0.385 e. The van der Waals surface area contributed by atoms with Gasteiger partial charge in [0.25, 0.3) is 0 Å². The zero-order valence-corrected chi connectivity index (χ0v) is 12.8. The summed E-state index contributed by atoms with van der Waals surface area (Å²) in [5.74, 6) is 0.109. The van der Waals surface area contributed by atoms with Gasteiger partial charge in [0.15, 0.2) is 0 Å². The Hall–Kier alpha value is -0.950. The van der Waals surface area contributed by atoms with Crippen molar-refractivity contribution in [2.75, 3.05) is 32.6 Å². The smallest absolute Gasteiger partial charge is 0.214 e. The van der Waals surface area contributed by atoms with Crippen LogP contribution >= 0.6 is 0 Å². The molecule has 1 aromatic carbocycles. The summed E-state index contributed by atoms with van der Waals surface area (Å²) in [6.45, 7) is 1.80. The van der Waals surface area contributed by atoms with E-state index in [9.17, 15) is 8.42 Å². The van der Waals surface area contributed by atoms with E-state index < -0.39 is 10.0 Å². The van der Waals surface area contributed by atoms with Crippen LogP contribution < -0.4 is 5.73 Å². The number of benzene rings is 1. The Balaban J connectivity index is 2.72. The molecule has 0 amide bonds. The van der Waals surface area contributed by atoms with E-state index in [-0.39, 0.29) is 5.75 Å². The second-order valence-electron chi connectivity index (χ2n) is 4.62. The summed E-state index contributed by atoms with van der Waals surface area (Å²) >= 11 is 0. The van der Waals surface area contributed by atoms with Gasteiger partial charge in [-0.3, -0.25) is 0 Å². The molecule has 1 rings (SSSR count). The molecule has 0 bridgehead atoms. The summed E-state index contributed by atoms with van der Waals surface area (Å²) in [6.07, 6.45) is 1.17. The molecule has 0 aromatic heterocycles. The Morgan fingerprint density at radius 2 is 1.90 bits per heavy atom. The highest BCUT2D eigenvalue weighted by Crippen LogP contribution is 2.11. The molecule has 0 saturated heterocycles. The first kappa shape index (κ1) is 17.1. The first-order valence-electron chi connectivity index (χ1n) is 6.81. The Morgan fingerprint density at radius 3 is 2.50 bits per heavy atom. The second kappa shape index (κ2) is 9.07. The lowest BCUT2D eigenvalue weighted by Gasteiger charge is -2.22. The zero-order valence-electron chi connectivity index (χ0n) is 12.0. The van der Waals surface area contributed by atoms with Gasteiger partial charge in [-0.2, -0.15) is 4.31 Å². The minimum Gasteiger partial charge on any atom is -0.385 e. The summed E-state index contributed by atoms with van der Waals surface area (Å²) in [5, 5.41) is 0. The van der Waals surface area contributed by atoms with E-state index in [1.54, 1.807) is 7.11 Å². The topological polar surface area (TPSA) is 72.6 Å². The molecule has 0 spiro atoms. The third kappa shape index (κ3) is 6.00. The zero-order chi connectivity index (χ0) is 14.8. The molecule has 6 heteroatoms. The van der Waals surface area contributed by atoms with Gasteiger partial charge in [0.05, 0.1) is 5.75 Å². The van der Waals surface area contributed by atoms with Gasteiger partial charge in [-0.15, -0.1) is 0 Å². The quantitative estimate of drug-likeness (QED) is 0.659. The predicted molar refractivity (Wildman–Crippen MR) is 80.8 cm³/mol. The lowest BCUT2D eigenvalue weighted by atomic mass is 10.2. The minimum absolute atomic E-state index is 0.109. The van der Waals surface area contributed by atoms with Gasteiger partial charge >= 0.3 is 0 Å². The number of nitrogens with two attached hydrogens (primary N) is 1. The van der Waals surface area contributed by atoms with Gasteiger partial charge in [0.2, 0.25) is 10.0 Å². The van der Waals surface area contributed by atoms with E-state index in [0.29, 0.717) is 39.1 Å². The summed E-state index contributed by atoms with van der Waals surface area (Å²) in [7, 11) is -1.70. The van der Waals surface area contributed by atoms with Crippen molar-refractivity contribution in [3.05, 3.63) is 35.9 Å². The first-order valence-corrected chi connectivity index (χ1v) is 8.42. The van der Waals surface area contributed by atoms with Crippen LogP contribution in [0.4, 0.5) is 0 Å². The molecule has 1 aromatic rings. The molecule has 0 saturated carbocycles. The van der Waals surface area contributed by atoms with Crippen molar-refractivity contribution < 1.29 is 13.2 Å². The highest BCUT2D eigenvalue weighted by atomic mass is 32.2. The van der Waals surface area contributed by atoms with Gasteiger partial charge in [0.1, 0.15) is 0 Å². The molecule has 0 aliphatic rings. The van der Waals surface area contributed by atoms with E-state index in [4.69, 9.17) is 10.5 Å². The molecule has 5 nitrogen and oxygen atoms in total. The summed E-state index contributed by atoms with van der Waals surface area (Å²) in [6, 6.07) is 9.60. The standard InChI is InChI=1S/C14H24N2O3S/c1-19-11-6-12-20(17,18)16(10-5-9-15)13-14-7-3-2-4-8-14/h2-4,7-8H,5-6,9-13,15H2,1H3. The van der Waals surface area contributed by atoms with Crippen molar-refractivity contribution in [1.82, 2.24) is 4.31 Å². The maximum absolute atomic E-state index is 12.3. The number of ether oxygens (including phenoxy) is 1. The van der Waals surface area contributed by atoms with Crippen molar-refractivity contribution in [1.29, 1.82) is 0 Å². The van der Waals surface area contributed by atoms with E-state index in [0.717, 1.165) is 5.56 Å². The average molecular weight is 300 g/mol. The fraction of sp³-hybridized carbons (Fsp3) is 0.571. The van der Waals surface area contributed by atoms with E-state index >= 15 is 0 Å². The molecule has 20 heavy (non-hydrogen) atoms. The molecule has 0 aliphatic heterocycles. The fourth-order valence-corrected chi connectivity index (χ4v) is 3.38. The monoisotopic (exact) mass is 300 g/mol. The maximum Gasteiger partial charge on any atom is 0.214 e. The average Bonchev–Trinajstić information content (AvgIpc) is 2.44. The first-order chi connectivity index (χ1) is 9.60. The van der Waals surface area contributed by atoms with Gasteiger partial charge in [-0.25, -0.2) is 8.42 Å². The maximum atomic E-state index is 12.3. The fourth-order valence-electron chi connectivity index (χ4n) is 1.89. The molecular formula is C14H24N2O3S. The van der Waals surface area contributed by atoms with Crippen LogP contribution in [-0.4, -0.2) is 45.3 Å². The molecule has 114 valence electrons. The Bertz CT molecular complexity index is 463. The van der Waals surface area contributed by atoms with Gasteiger partial charge in [0, 0.05) is 26.8 Å². The van der Waals surface area contributed by atoms with Crippen LogP contribution in [0.15, 0.2) is 30.3 Å². The Kier molecular flexibility index (Phi) is 7.76. The predicted octanol–water partition coefficient (Wildman–Crippen LogP) is 1.20. The Labute approximate surface area is 121 Å². The van der Waals surface area contributed by atoms with Crippen molar-refractivity contribution in [3.63, 3.8) is 0 Å². The molecule has 2 N–H and O–H groups in total. The lowest BCUT2D eigenvalue weighted by molar-refractivity contribution is 0.199. The lowest BCUT2D eigenvalue weighted by Crippen LogP contribution is -2.34. The second-order valence-corrected chi connectivity index (χ2v) is 6.71. The van der Waals surface area contributed by atoms with Crippen LogP contribution in [0.25, 0.3) is 0 Å². The molecular weight excluding hydrogens is 276 g/mol. The molecule has 0 heterocycles. The summed E-state index contributed by atoms with van der Waals surface area (Å²) in [5.41, 5.74) is 6.48. The number of methoxy groups -OCH3 is 1. The minimum atomic E-state index is -3.27. The van der Waals surface area contributed by atoms with E-state index in [1.807, 2.05) is 30.3 Å². The number of sulfonamides is 1. The third-order valence-corrected chi connectivity index (χ3v) is 4.86. The normalized spacial score (nSPS) is 11.9. The highest BCUT2D eigenvalue weighted by molar-refractivity contribution is 7.89. The van der Waals surface area contributed by atoms with Crippen molar-refractivity contribution in [2.24, 2.45) is 5.73 Å². The van der Waals surface area contributed by atoms with Gasteiger partial charge in [-0.1, -0.05) is 30.3 Å². The highest BCUT2D eigenvalue weighted by Gasteiger charge is 2.21. The number of hydrogen-bond acceptors (Lipinski definition) is 4. The third-order valence-electron chi connectivity index (χ3n) is 2.96. The van der Waals surface area contributed by atoms with Crippen LogP contribution in [0.5, 0.6) is 0 Å². The van der Waals surface area contributed by atoms with Gasteiger partial charge in [-0.05, 0) is 24.9 Å². The summed E-state index contributed by atoms with van der Waals surface area (Å²) in [4.78, 5) is 0. The number of nitrogens with zero attached hydrogens (tertiary/aromatic N) is 1. The molecule has 0 radical (unpaired) electrons. The van der Waals surface area contributed by atoms with E-state index in [2.05, 4.69) is 0 Å². The van der Waals surface area contributed by atoms with Crippen LogP contribution in [-0.2, 0) is 21.3 Å². The van der Waals surface area contributed by atoms with Crippen molar-refractivity contribution in [2.45, 2.75) is 19.4 Å². The van der Waals surface area contributed by atoms with Crippen LogP contribution in [0.2, 0.25) is 0 Å².